The lowest BCUT2D eigenvalue weighted by molar-refractivity contribution is 0.0697. The maximum atomic E-state index is 12.4. The molecule has 0 aliphatic rings. The van der Waals surface area contributed by atoms with E-state index in [0.29, 0.717) is 0 Å². The minimum atomic E-state index is -3.38. The lowest BCUT2D eigenvalue weighted by atomic mass is 10.1. The number of sulfone groups is 1. The van der Waals surface area contributed by atoms with Crippen molar-refractivity contribution < 1.29 is 32.6 Å². The Kier molecular flexibility index (Phi) is 5.51. The lowest BCUT2D eigenvalue weighted by Gasteiger charge is -2.14. The first-order valence-electron chi connectivity index (χ1n) is 7.28. The van der Waals surface area contributed by atoms with E-state index in [2.05, 4.69) is 5.32 Å². The van der Waals surface area contributed by atoms with E-state index in [1.165, 1.54) is 50.6 Å². The summed E-state index contributed by atoms with van der Waals surface area (Å²) in [5.74, 6) is -1.39. The number of carboxylic acids is 1. The molecule has 0 aliphatic heterocycles. The highest BCUT2D eigenvalue weighted by Gasteiger charge is 2.19. The van der Waals surface area contributed by atoms with Crippen molar-refractivity contribution in [2.75, 3.05) is 25.8 Å². The third kappa shape index (κ3) is 4.12. The summed E-state index contributed by atoms with van der Waals surface area (Å²) in [5, 5.41) is 11.8. The Morgan fingerprint density at radius 1 is 1.00 bits per heavy atom. The quantitative estimate of drug-likeness (QED) is 0.788. The molecule has 0 aliphatic carbocycles. The van der Waals surface area contributed by atoms with Crippen molar-refractivity contribution in [2.24, 2.45) is 0 Å². The molecule has 1 amide bonds. The van der Waals surface area contributed by atoms with Gasteiger partial charge in [0.1, 0.15) is 0 Å². The van der Waals surface area contributed by atoms with Crippen LogP contribution in [0.4, 0.5) is 5.69 Å². The summed E-state index contributed by atoms with van der Waals surface area (Å²) in [4.78, 5) is 23.9. The Labute approximate surface area is 150 Å². The zero-order valence-electron chi connectivity index (χ0n) is 14.3. The van der Waals surface area contributed by atoms with Gasteiger partial charge in [-0.25, -0.2) is 13.2 Å². The number of rotatable bonds is 6. The van der Waals surface area contributed by atoms with Gasteiger partial charge in [-0.3, -0.25) is 4.79 Å². The number of methoxy groups -OCH3 is 2. The summed E-state index contributed by atoms with van der Waals surface area (Å²) >= 11 is 0. The molecular weight excluding hydrogens is 362 g/mol. The second kappa shape index (κ2) is 7.44. The summed E-state index contributed by atoms with van der Waals surface area (Å²) < 4.78 is 33.1. The van der Waals surface area contributed by atoms with Crippen molar-refractivity contribution >= 4 is 27.4 Å². The largest absolute Gasteiger partial charge is 0.493 e. The maximum absolute atomic E-state index is 12.4. The number of anilines is 1. The number of benzene rings is 2. The topological polar surface area (TPSA) is 119 Å². The van der Waals surface area contributed by atoms with Crippen molar-refractivity contribution in [1.29, 1.82) is 0 Å². The Morgan fingerprint density at radius 2 is 1.54 bits per heavy atom. The third-order valence-electron chi connectivity index (χ3n) is 3.55. The van der Waals surface area contributed by atoms with Gasteiger partial charge in [0, 0.05) is 24.0 Å². The molecule has 9 heteroatoms. The molecule has 8 nitrogen and oxygen atoms in total. The van der Waals surface area contributed by atoms with Crippen molar-refractivity contribution in [1.82, 2.24) is 0 Å². The van der Waals surface area contributed by atoms with E-state index in [1.807, 2.05) is 0 Å². The highest BCUT2D eigenvalue weighted by Crippen LogP contribution is 2.33. The van der Waals surface area contributed by atoms with Crippen LogP contribution in [0.25, 0.3) is 0 Å². The van der Waals surface area contributed by atoms with Gasteiger partial charge < -0.3 is 19.9 Å². The summed E-state index contributed by atoms with van der Waals surface area (Å²) in [6.07, 6.45) is 1.06. The zero-order valence-corrected chi connectivity index (χ0v) is 15.1. The van der Waals surface area contributed by atoms with Crippen molar-refractivity contribution in [2.45, 2.75) is 4.90 Å². The SMILES string of the molecule is COc1cc(NC(=O)c2ccc(S(C)(=O)=O)cc2)c(C(=O)O)cc1OC. The van der Waals surface area contributed by atoms with Crippen molar-refractivity contribution in [3.8, 4) is 11.5 Å². The van der Waals surface area contributed by atoms with Crippen LogP contribution in [0.1, 0.15) is 20.7 Å². The number of hydrogen-bond donors (Lipinski definition) is 2. The number of aromatic carboxylic acids is 1. The van der Waals surface area contributed by atoms with Crippen LogP contribution < -0.4 is 14.8 Å². The number of hydrogen-bond acceptors (Lipinski definition) is 6. The summed E-state index contributed by atoms with van der Waals surface area (Å²) in [5.41, 5.74) is 0.0135. The van der Waals surface area contributed by atoms with Gasteiger partial charge in [0.2, 0.25) is 0 Å². The molecule has 0 heterocycles. The van der Waals surface area contributed by atoms with Crippen molar-refractivity contribution in [3.05, 3.63) is 47.5 Å². The maximum Gasteiger partial charge on any atom is 0.337 e. The van der Waals surface area contributed by atoms with Gasteiger partial charge in [-0.1, -0.05) is 0 Å². The van der Waals surface area contributed by atoms with Crippen LogP contribution in [-0.2, 0) is 9.84 Å². The van der Waals surface area contributed by atoms with Gasteiger partial charge in [-0.05, 0) is 24.3 Å². The monoisotopic (exact) mass is 379 g/mol. The Morgan fingerprint density at radius 3 is 2.00 bits per heavy atom. The van der Waals surface area contributed by atoms with Gasteiger partial charge in [0.05, 0.1) is 30.4 Å². The van der Waals surface area contributed by atoms with Gasteiger partial charge in [0.15, 0.2) is 21.3 Å². The van der Waals surface area contributed by atoms with E-state index in [1.54, 1.807) is 0 Å². The highest BCUT2D eigenvalue weighted by molar-refractivity contribution is 7.90. The molecule has 2 aromatic carbocycles. The molecule has 2 aromatic rings. The summed E-state index contributed by atoms with van der Waals surface area (Å²) in [6.45, 7) is 0. The molecule has 0 aromatic heterocycles. The van der Waals surface area contributed by atoms with E-state index in [4.69, 9.17) is 9.47 Å². The first-order valence-corrected chi connectivity index (χ1v) is 9.17. The number of carbonyl (C=O) groups excluding carboxylic acids is 1. The molecule has 138 valence electrons. The van der Waals surface area contributed by atoms with E-state index in [9.17, 15) is 23.1 Å². The standard InChI is InChI=1S/C17H17NO7S/c1-24-14-8-12(17(20)21)13(9-15(14)25-2)18-16(19)10-4-6-11(7-5-10)26(3,22)23/h4-9H,1-3H3,(H,18,19)(H,20,21). The Hall–Kier alpha value is -3.07. The molecule has 2 N–H and O–H groups in total. The van der Waals surface area contributed by atoms with Crippen LogP contribution >= 0.6 is 0 Å². The van der Waals surface area contributed by atoms with Gasteiger partial charge >= 0.3 is 5.97 Å². The molecule has 0 bridgehead atoms. The van der Waals surface area contributed by atoms with Crippen LogP contribution in [0.5, 0.6) is 11.5 Å². The van der Waals surface area contributed by atoms with Crippen LogP contribution in [0, 0.1) is 0 Å². The fraction of sp³-hybridized carbons (Fsp3) is 0.176. The van der Waals surface area contributed by atoms with Gasteiger partial charge in [-0.2, -0.15) is 0 Å². The zero-order chi connectivity index (χ0) is 19.5. The average Bonchev–Trinajstić information content (AvgIpc) is 2.60. The van der Waals surface area contributed by atoms with E-state index in [0.717, 1.165) is 6.26 Å². The molecular formula is C17H17NO7S. The first kappa shape index (κ1) is 19.3. The minimum absolute atomic E-state index is 0.0207. The summed E-state index contributed by atoms with van der Waals surface area (Å²) in [6, 6.07) is 7.86. The number of amides is 1. The van der Waals surface area contributed by atoms with E-state index in [-0.39, 0.29) is 33.2 Å². The molecule has 2 rings (SSSR count). The lowest BCUT2D eigenvalue weighted by Crippen LogP contribution is -2.15. The number of carboxylic acid groups (broad SMARTS) is 1. The molecule has 0 saturated heterocycles. The fourth-order valence-electron chi connectivity index (χ4n) is 2.21. The van der Waals surface area contributed by atoms with Crippen molar-refractivity contribution in [3.63, 3.8) is 0 Å². The third-order valence-corrected chi connectivity index (χ3v) is 4.68. The molecule has 26 heavy (non-hydrogen) atoms. The van der Waals surface area contributed by atoms with Crippen LogP contribution in [0.15, 0.2) is 41.3 Å². The van der Waals surface area contributed by atoms with E-state index >= 15 is 0 Å². The Balaban J connectivity index is 2.37. The minimum Gasteiger partial charge on any atom is -0.493 e. The molecule has 0 unspecified atom stereocenters. The molecule has 0 radical (unpaired) electrons. The van der Waals surface area contributed by atoms with Crippen LogP contribution in [0.3, 0.4) is 0 Å². The average molecular weight is 379 g/mol. The van der Waals surface area contributed by atoms with E-state index < -0.39 is 21.7 Å². The smallest absolute Gasteiger partial charge is 0.337 e. The predicted molar refractivity (Wildman–Crippen MR) is 94.0 cm³/mol. The highest BCUT2D eigenvalue weighted by atomic mass is 32.2. The second-order valence-electron chi connectivity index (χ2n) is 5.31. The predicted octanol–water partition coefficient (Wildman–Crippen LogP) is 2.06. The molecule has 0 atom stereocenters. The molecule has 0 spiro atoms. The fourth-order valence-corrected chi connectivity index (χ4v) is 2.84. The second-order valence-corrected chi connectivity index (χ2v) is 7.32. The normalized spacial score (nSPS) is 10.9. The van der Waals surface area contributed by atoms with Gasteiger partial charge in [-0.15, -0.1) is 0 Å². The van der Waals surface area contributed by atoms with Gasteiger partial charge in [0.25, 0.3) is 5.91 Å². The summed E-state index contributed by atoms with van der Waals surface area (Å²) in [7, 11) is -0.630. The number of nitrogens with one attached hydrogen (secondary N) is 1. The molecule has 0 saturated carbocycles. The number of carbonyl (C=O) groups is 2. The van der Waals surface area contributed by atoms with Crippen LogP contribution in [0.2, 0.25) is 0 Å². The molecule has 0 fully saturated rings. The number of ether oxygens (including phenoxy) is 2. The Bertz CT molecular complexity index is 950. The van der Waals surface area contributed by atoms with Crippen LogP contribution in [-0.4, -0.2) is 45.9 Å². The first-order chi connectivity index (χ1) is 12.2.